The van der Waals surface area contributed by atoms with Gasteiger partial charge in [0.2, 0.25) is 0 Å². The molecule has 0 N–H and O–H groups in total. The first-order chi connectivity index (χ1) is 5.86. The standard InChI is InChI=1S/C10H12S2/c1-3-8-12-10-6-4-9(11-2)5-7-10/h3-7H,1,8H2,2H3. The molecule has 1 rings (SSSR count). The molecule has 0 heterocycles. The highest BCUT2D eigenvalue weighted by Gasteiger charge is 1.91. The molecular weight excluding hydrogens is 184 g/mol. The van der Waals surface area contributed by atoms with E-state index in [4.69, 9.17) is 0 Å². The zero-order chi connectivity index (χ0) is 8.81. The maximum atomic E-state index is 3.68. The van der Waals surface area contributed by atoms with Crippen LogP contribution in [-0.4, -0.2) is 12.0 Å². The van der Waals surface area contributed by atoms with Crippen LogP contribution in [0.5, 0.6) is 0 Å². The fourth-order valence-corrected chi connectivity index (χ4v) is 1.87. The van der Waals surface area contributed by atoms with Crippen LogP contribution in [-0.2, 0) is 0 Å². The highest BCUT2D eigenvalue weighted by atomic mass is 32.2. The molecule has 0 atom stereocenters. The molecule has 0 bridgehead atoms. The van der Waals surface area contributed by atoms with Gasteiger partial charge in [0, 0.05) is 15.5 Å². The monoisotopic (exact) mass is 196 g/mol. The Kier molecular flexibility index (Phi) is 4.33. The second-order valence-corrected chi connectivity index (χ2v) is 4.25. The topological polar surface area (TPSA) is 0 Å². The maximum absolute atomic E-state index is 3.68. The van der Waals surface area contributed by atoms with Gasteiger partial charge in [0.25, 0.3) is 0 Å². The molecule has 0 aliphatic carbocycles. The molecule has 1 aromatic carbocycles. The third-order valence-electron chi connectivity index (χ3n) is 1.43. The van der Waals surface area contributed by atoms with E-state index in [1.54, 1.807) is 11.8 Å². The predicted molar refractivity (Wildman–Crippen MR) is 59.1 cm³/mol. The molecule has 2 heteroatoms. The molecule has 0 nitrogen and oxygen atoms in total. The molecule has 0 amide bonds. The summed E-state index contributed by atoms with van der Waals surface area (Å²) < 4.78 is 0. The summed E-state index contributed by atoms with van der Waals surface area (Å²) in [6.45, 7) is 3.68. The minimum Gasteiger partial charge on any atom is -0.130 e. The lowest BCUT2D eigenvalue weighted by atomic mass is 10.4. The van der Waals surface area contributed by atoms with E-state index in [9.17, 15) is 0 Å². The van der Waals surface area contributed by atoms with Gasteiger partial charge in [-0.05, 0) is 30.5 Å². The largest absolute Gasteiger partial charge is 0.130 e. The number of hydrogen-bond donors (Lipinski definition) is 0. The first kappa shape index (κ1) is 9.75. The Morgan fingerprint density at radius 1 is 1.25 bits per heavy atom. The van der Waals surface area contributed by atoms with Crippen molar-refractivity contribution < 1.29 is 0 Å². The average Bonchev–Trinajstić information content (AvgIpc) is 2.15. The summed E-state index contributed by atoms with van der Waals surface area (Å²) >= 11 is 3.58. The van der Waals surface area contributed by atoms with Crippen LogP contribution in [0.25, 0.3) is 0 Å². The van der Waals surface area contributed by atoms with Crippen molar-refractivity contribution in [2.24, 2.45) is 0 Å². The van der Waals surface area contributed by atoms with Gasteiger partial charge < -0.3 is 0 Å². The summed E-state index contributed by atoms with van der Waals surface area (Å²) in [5.74, 6) is 0.985. The Bertz CT molecular complexity index is 239. The summed E-state index contributed by atoms with van der Waals surface area (Å²) in [4.78, 5) is 2.63. The van der Waals surface area contributed by atoms with Crippen LogP contribution < -0.4 is 0 Å². The Balaban J connectivity index is 2.58. The van der Waals surface area contributed by atoms with E-state index in [-0.39, 0.29) is 0 Å². The van der Waals surface area contributed by atoms with Crippen LogP contribution in [0.15, 0.2) is 46.7 Å². The number of rotatable bonds is 4. The Hall–Kier alpha value is -0.340. The van der Waals surface area contributed by atoms with Crippen LogP contribution in [0, 0.1) is 0 Å². The fourth-order valence-electron chi connectivity index (χ4n) is 0.827. The highest BCUT2D eigenvalue weighted by Crippen LogP contribution is 2.21. The van der Waals surface area contributed by atoms with E-state index in [2.05, 4.69) is 37.1 Å². The van der Waals surface area contributed by atoms with E-state index in [1.807, 2.05) is 17.8 Å². The van der Waals surface area contributed by atoms with Crippen molar-refractivity contribution in [3.05, 3.63) is 36.9 Å². The maximum Gasteiger partial charge on any atom is 0.0158 e. The van der Waals surface area contributed by atoms with E-state index < -0.39 is 0 Å². The van der Waals surface area contributed by atoms with Crippen molar-refractivity contribution >= 4 is 23.5 Å². The molecule has 12 heavy (non-hydrogen) atoms. The highest BCUT2D eigenvalue weighted by molar-refractivity contribution is 7.99. The minimum atomic E-state index is 0.985. The van der Waals surface area contributed by atoms with Crippen molar-refractivity contribution in [3.8, 4) is 0 Å². The van der Waals surface area contributed by atoms with Gasteiger partial charge in [-0.15, -0.1) is 30.1 Å². The van der Waals surface area contributed by atoms with E-state index in [0.29, 0.717) is 0 Å². The number of thioether (sulfide) groups is 2. The minimum absolute atomic E-state index is 0.985. The normalized spacial score (nSPS) is 9.75. The first-order valence-electron chi connectivity index (χ1n) is 3.74. The summed E-state index contributed by atoms with van der Waals surface area (Å²) in [5.41, 5.74) is 0. The molecule has 0 spiro atoms. The molecule has 0 unspecified atom stereocenters. The van der Waals surface area contributed by atoms with Gasteiger partial charge in [-0.2, -0.15) is 0 Å². The van der Waals surface area contributed by atoms with Crippen molar-refractivity contribution in [2.45, 2.75) is 9.79 Å². The van der Waals surface area contributed by atoms with Gasteiger partial charge in [0.05, 0.1) is 0 Å². The molecule has 0 aromatic heterocycles. The van der Waals surface area contributed by atoms with Crippen LogP contribution in [0.4, 0.5) is 0 Å². The van der Waals surface area contributed by atoms with E-state index >= 15 is 0 Å². The molecular formula is C10H12S2. The van der Waals surface area contributed by atoms with Gasteiger partial charge in [-0.25, -0.2) is 0 Å². The van der Waals surface area contributed by atoms with Gasteiger partial charge in [-0.3, -0.25) is 0 Å². The molecule has 0 saturated carbocycles. The third kappa shape index (κ3) is 2.95. The lowest BCUT2D eigenvalue weighted by Gasteiger charge is -1.99. The molecule has 0 fully saturated rings. The lowest BCUT2D eigenvalue weighted by molar-refractivity contribution is 1.36. The zero-order valence-electron chi connectivity index (χ0n) is 7.12. The van der Waals surface area contributed by atoms with Crippen molar-refractivity contribution in [1.29, 1.82) is 0 Å². The van der Waals surface area contributed by atoms with Crippen LogP contribution in [0.3, 0.4) is 0 Å². The van der Waals surface area contributed by atoms with Crippen LogP contribution >= 0.6 is 23.5 Å². The quantitative estimate of drug-likeness (QED) is 0.532. The van der Waals surface area contributed by atoms with E-state index in [1.165, 1.54) is 9.79 Å². The van der Waals surface area contributed by atoms with Gasteiger partial charge in [-0.1, -0.05) is 6.08 Å². The first-order valence-corrected chi connectivity index (χ1v) is 5.95. The predicted octanol–water partition coefficient (Wildman–Crippen LogP) is 3.69. The van der Waals surface area contributed by atoms with Crippen molar-refractivity contribution in [3.63, 3.8) is 0 Å². The van der Waals surface area contributed by atoms with Crippen LogP contribution in [0.1, 0.15) is 0 Å². The molecule has 64 valence electrons. The molecule has 0 aliphatic heterocycles. The Morgan fingerprint density at radius 3 is 2.33 bits per heavy atom. The second-order valence-electron chi connectivity index (χ2n) is 2.28. The zero-order valence-corrected chi connectivity index (χ0v) is 8.75. The summed E-state index contributed by atoms with van der Waals surface area (Å²) in [6.07, 6.45) is 4.01. The van der Waals surface area contributed by atoms with Crippen LogP contribution in [0.2, 0.25) is 0 Å². The molecule has 1 aromatic rings. The summed E-state index contributed by atoms with van der Waals surface area (Å²) in [6, 6.07) is 8.60. The SMILES string of the molecule is C=CCSc1ccc(SC)cc1. The average molecular weight is 196 g/mol. The van der Waals surface area contributed by atoms with Crippen molar-refractivity contribution in [2.75, 3.05) is 12.0 Å². The van der Waals surface area contributed by atoms with Crippen molar-refractivity contribution in [1.82, 2.24) is 0 Å². The smallest absolute Gasteiger partial charge is 0.0158 e. The van der Waals surface area contributed by atoms with Gasteiger partial charge in [0.1, 0.15) is 0 Å². The Labute approximate surface area is 82.4 Å². The molecule has 0 aliphatic rings. The van der Waals surface area contributed by atoms with E-state index in [0.717, 1.165) is 5.75 Å². The van der Waals surface area contributed by atoms with Gasteiger partial charge in [0.15, 0.2) is 0 Å². The molecule has 0 saturated heterocycles. The second kappa shape index (κ2) is 5.33. The lowest BCUT2D eigenvalue weighted by Crippen LogP contribution is -1.73. The summed E-state index contributed by atoms with van der Waals surface area (Å²) in [7, 11) is 0. The molecule has 0 radical (unpaired) electrons. The number of hydrogen-bond acceptors (Lipinski definition) is 2. The fraction of sp³-hybridized carbons (Fsp3) is 0.200. The third-order valence-corrected chi connectivity index (χ3v) is 3.18. The Morgan fingerprint density at radius 2 is 1.83 bits per heavy atom. The summed E-state index contributed by atoms with van der Waals surface area (Å²) in [5, 5.41) is 0. The number of benzene rings is 1. The van der Waals surface area contributed by atoms with Gasteiger partial charge >= 0.3 is 0 Å².